The van der Waals surface area contributed by atoms with Crippen molar-refractivity contribution < 1.29 is 98.3 Å². The van der Waals surface area contributed by atoms with Gasteiger partial charge in [-0.15, -0.1) is 0 Å². The van der Waals surface area contributed by atoms with Gasteiger partial charge in [-0.05, 0) is 13.8 Å². The van der Waals surface area contributed by atoms with Crippen LogP contribution in [0.4, 0.5) is 4.79 Å². The molecule has 46 heavy (non-hydrogen) atoms. The van der Waals surface area contributed by atoms with Crippen molar-refractivity contribution >= 4 is 24.1 Å². The summed E-state index contributed by atoms with van der Waals surface area (Å²) < 4.78 is 35.1. The molecule has 9 N–H and O–H groups in total. The van der Waals surface area contributed by atoms with Crippen molar-refractivity contribution in [2.24, 2.45) is 10.8 Å². The van der Waals surface area contributed by atoms with Crippen LogP contribution in [0.15, 0.2) is 0 Å². The topological polar surface area (TPSA) is 315 Å². The second kappa shape index (κ2) is 16.9. The molecular weight excluding hydrogens is 632 g/mol. The molecule has 2 aliphatic rings. The van der Waals surface area contributed by atoms with Gasteiger partial charge in [-0.3, -0.25) is 14.4 Å². The number of ether oxygens (including phenoxy) is 7. The Balaban J connectivity index is 2.10. The lowest BCUT2D eigenvalue weighted by Crippen LogP contribution is -2.48. The van der Waals surface area contributed by atoms with Crippen molar-refractivity contribution in [2.45, 2.75) is 88.6 Å². The molecule has 2 heterocycles. The number of rotatable bonds is 16. The number of carbonyl (C=O) groups excluding carboxylic acids is 4. The first-order valence-corrected chi connectivity index (χ1v) is 14.1. The lowest BCUT2D eigenvalue weighted by atomic mass is 9.92. The molecule has 20 heteroatoms. The van der Waals surface area contributed by atoms with Crippen LogP contribution >= 0.6 is 0 Å². The van der Waals surface area contributed by atoms with Gasteiger partial charge in [0, 0.05) is 6.42 Å². The minimum atomic E-state index is -2.01. The Morgan fingerprint density at radius 3 is 1.48 bits per heavy atom. The standard InChI is InChI=1S/C26H42O20/c1-4-13(32)40-9-26(3,23(38)46-19-15(34)21(36)44-17(19)12(31)6-28)10-42-24(39)41-8-25(2,7-29)22(37)45-18-14(33)20(35)43-16(18)11(30)5-27/h11-12,14-21,27-31,33-36H,4-10H2,1-3H3/t11?,12?,14-,15-,16-,17-,18-,19-,20+,21+,25?,26?/m1/s1. The van der Waals surface area contributed by atoms with Crippen LogP contribution < -0.4 is 0 Å². The maximum atomic E-state index is 13.2. The first-order valence-electron chi connectivity index (χ1n) is 14.1. The molecule has 266 valence electrons. The van der Waals surface area contributed by atoms with Gasteiger partial charge in [-0.2, -0.15) is 0 Å². The van der Waals surface area contributed by atoms with Crippen LogP contribution in [0, 0.1) is 10.8 Å². The van der Waals surface area contributed by atoms with E-state index in [-0.39, 0.29) is 6.42 Å². The summed E-state index contributed by atoms with van der Waals surface area (Å²) in [5.41, 5.74) is -4.01. The molecule has 0 aromatic rings. The van der Waals surface area contributed by atoms with Gasteiger partial charge in [0.2, 0.25) is 0 Å². The fourth-order valence-electron chi connectivity index (χ4n) is 4.13. The summed E-state index contributed by atoms with van der Waals surface area (Å²) in [6, 6.07) is 0. The van der Waals surface area contributed by atoms with Crippen LogP contribution in [-0.4, -0.2) is 171 Å². The maximum absolute atomic E-state index is 13.2. The molecule has 0 aromatic heterocycles. The first-order chi connectivity index (χ1) is 21.5. The van der Waals surface area contributed by atoms with Gasteiger partial charge < -0.3 is 79.1 Å². The molecule has 0 saturated carbocycles. The zero-order valence-electron chi connectivity index (χ0n) is 25.2. The van der Waals surface area contributed by atoms with Gasteiger partial charge in [-0.25, -0.2) is 4.79 Å². The minimum Gasteiger partial charge on any atom is -0.464 e. The third-order valence-electron chi connectivity index (χ3n) is 7.31. The Kier molecular flexibility index (Phi) is 14.5. The summed E-state index contributed by atoms with van der Waals surface area (Å²) >= 11 is 0. The highest BCUT2D eigenvalue weighted by Crippen LogP contribution is 2.31. The van der Waals surface area contributed by atoms with Crippen molar-refractivity contribution in [2.75, 3.05) is 39.6 Å². The molecular formula is C26H42O20. The molecule has 0 amide bonds. The van der Waals surface area contributed by atoms with E-state index in [0.29, 0.717) is 0 Å². The minimum absolute atomic E-state index is 0.0985. The number of aliphatic hydroxyl groups is 9. The van der Waals surface area contributed by atoms with E-state index in [4.69, 9.17) is 33.2 Å². The van der Waals surface area contributed by atoms with E-state index in [0.717, 1.165) is 13.8 Å². The van der Waals surface area contributed by atoms with E-state index in [1.165, 1.54) is 6.92 Å². The summed E-state index contributed by atoms with van der Waals surface area (Å²) in [4.78, 5) is 50.3. The molecule has 12 atom stereocenters. The fraction of sp³-hybridized carbons (Fsp3) is 0.846. The summed E-state index contributed by atoms with van der Waals surface area (Å²) in [7, 11) is 0. The van der Waals surface area contributed by atoms with Crippen molar-refractivity contribution in [3.63, 3.8) is 0 Å². The van der Waals surface area contributed by atoms with Crippen molar-refractivity contribution in [1.29, 1.82) is 0 Å². The summed E-state index contributed by atoms with van der Waals surface area (Å²) in [6.07, 6.45) is -19.0. The van der Waals surface area contributed by atoms with Gasteiger partial charge in [0.05, 0.1) is 19.8 Å². The molecule has 2 saturated heterocycles. The Hall–Kier alpha value is -2.76. The van der Waals surface area contributed by atoms with Crippen LogP contribution in [0.1, 0.15) is 27.2 Å². The maximum Gasteiger partial charge on any atom is 0.508 e. The van der Waals surface area contributed by atoms with Crippen molar-refractivity contribution in [3.8, 4) is 0 Å². The molecule has 20 nitrogen and oxygen atoms in total. The molecule has 2 rings (SSSR count). The van der Waals surface area contributed by atoms with Gasteiger partial charge in [0.25, 0.3) is 0 Å². The summed E-state index contributed by atoms with van der Waals surface area (Å²) in [6.45, 7) is -1.61. The molecule has 2 fully saturated rings. The van der Waals surface area contributed by atoms with Crippen molar-refractivity contribution in [3.05, 3.63) is 0 Å². The summed E-state index contributed by atoms with van der Waals surface area (Å²) in [5, 5.41) is 87.9. The predicted octanol–water partition coefficient (Wildman–Crippen LogP) is -5.22. The highest BCUT2D eigenvalue weighted by Gasteiger charge is 2.52. The number of hydrogen-bond acceptors (Lipinski definition) is 20. The number of hydrogen-bond donors (Lipinski definition) is 9. The van der Waals surface area contributed by atoms with Gasteiger partial charge in [0.1, 0.15) is 67.3 Å². The summed E-state index contributed by atoms with van der Waals surface area (Å²) in [5.74, 6) is -3.30. The van der Waals surface area contributed by atoms with Crippen LogP contribution in [0.5, 0.6) is 0 Å². The Labute approximate surface area is 261 Å². The number of aliphatic hydroxyl groups excluding tert-OH is 9. The van der Waals surface area contributed by atoms with Crippen molar-refractivity contribution in [1.82, 2.24) is 0 Å². The number of esters is 3. The average Bonchev–Trinajstić information content (AvgIpc) is 3.49. The molecule has 0 bridgehead atoms. The Morgan fingerprint density at radius 2 is 1.09 bits per heavy atom. The van der Waals surface area contributed by atoms with E-state index in [9.17, 15) is 65.1 Å². The lowest BCUT2D eigenvalue weighted by Gasteiger charge is -2.31. The van der Waals surface area contributed by atoms with Crippen LogP contribution in [-0.2, 0) is 47.5 Å². The van der Waals surface area contributed by atoms with E-state index in [1.54, 1.807) is 0 Å². The zero-order chi connectivity index (χ0) is 35.0. The largest absolute Gasteiger partial charge is 0.508 e. The highest BCUT2D eigenvalue weighted by molar-refractivity contribution is 5.79. The fourth-order valence-corrected chi connectivity index (χ4v) is 4.13. The van der Waals surface area contributed by atoms with Gasteiger partial charge >= 0.3 is 24.1 Å². The zero-order valence-corrected chi connectivity index (χ0v) is 25.2. The lowest BCUT2D eigenvalue weighted by molar-refractivity contribution is -0.180. The smallest absolute Gasteiger partial charge is 0.464 e. The Bertz CT molecular complexity index is 1040. The average molecular weight is 675 g/mol. The molecule has 2 aliphatic heterocycles. The third kappa shape index (κ3) is 9.41. The SMILES string of the molecule is CCC(=O)OCC(C)(COC(=O)OCC(C)(CO)C(=O)O[C@@H]1[C@@H](O)[C@@H](O)O[C@@H]1C(O)CO)C(=O)O[C@@H]1[C@@H](O)[C@@H](O)O[C@@H]1C(O)CO. The van der Waals surface area contributed by atoms with Gasteiger partial charge in [-0.1, -0.05) is 6.92 Å². The van der Waals surface area contributed by atoms with Crippen LogP contribution in [0.25, 0.3) is 0 Å². The number of carbonyl (C=O) groups is 4. The van der Waals surface area contributed by atoms with Gasteiger partial charge in [0.15, 0.2) is 24.8 Å². The molecule has 0 radical (unpaired) electrons. The second-order valence-electron chi connectivity index (χ2n) is 11.3. The second-order valence-corrected chi connectivity index (χ2v) is 11.3. The Morgan fingerprint density at radius 1 is 0.696 bits per heavy atom. The van der Waals surface area contributed by atoms with E-state index >= 15 is 0 Å². The quantitative estimate of drug-likeness (QED) is 0.0545. The molecule has 0 aromatic carbocycles. The third-order valence-corrected chi connectivity index (χ3v) is 7.31. The first kappa shape index (κ1) is 39.4. The molecule has 0 aliphatic carbocycles. The highest BCUT2D eigenvalue weighted by atomic mass is 16.7. The predicted molar refractivity (Wildman–Crippen MR) is 142 cm³/mol. The van der Waals surface area contributed by atoms with E-state index in [1.807, 2.05) is 0 Å². The monoisotopic (exact) mass is 674 g/mol. The molecule has 4 unspecified atom stereocenters. The van der Waals surface area contributed by atoms with Crippen LogP contribution in [0.2, 0.25) is 0 Å². The molecule has 0 spiro atoms. The normalized spacial score (nSPS) is 31.6. The van der Waals surface area contributed by atoms with Crippen LogP contribution in [0.3, 0.4) is 0 Å². The van der Waals surface area contributed by atoms with E-state index < -0.39 is 136 Å². The van der Waals surface area contributed by atoms with E-state index in [2.05, 4.69) is 0 Å².